The fraction of sp³-hybridized carbons (Fsp3) is 0.286. The fourth-order valence-electron chi connectivity index (χ4n) is 3.23. The number of hydrogen-bond acceptors (Lipinski definition) is 7. The quantitative estimate of drug-likeness (QED) is 0.666. The van der Waals surface area contributed by atoms with Crippen molar-refractivity contribution in [1.29, 1.82) is 0 Å². The average molecular weight is 411 g/mol. The molecular weight excluding hydrogens is 388 g/mol. The van der Waals surface area contributed by atoms with Crippen LogP contribution in [0.5, 0.6) is 5.75 Å². The Hall–Kier alpha value is -2.90. The molecule has 0 aliphatic carbocycles. The van der Waals surface area contributed by atoms with Crippen LogP contribution in [0.4, 0.5) is 5.95 Å². The van der Waals surface area contributed by atoms with Gasteiger partial charge in [0.2, 0.25) is 11.9 Å². The van der Waals surface area contributed by atoms with Crippen molar-refractivity contribution < 1.29 is 4.74 Å². The summed E-state index contributed by atoms with van der Waals surface area (Å²) in [7, 11) is 0. The van der Waals surface area contributed by atoms with Gasteiger partial charge in [0, 0.05) is 17.0 Å². The number of guanidine groups is 1. The van der Waals surface area contributed by atoms with Gasteiger partial charge in [0.1, 0.15) is 11.3 Å². The smallest absolute Gasteiger partial charge is 0.230 e. The molecule has 1 aromatic heterocycles. The maximum Gasteiger partial charge on any atom is 0.230 e. The standard InChI is InChI=1S/C21H23ClN6O/c1-3-29-18-10-6-8-16-14(2)25-21(26-19(16)18)27-20-23-12-28(13-24-20)11-15-7-4-5-9-17(15)22/h4-10H,3,11-13H2,1-2H3,(H2,23,24,25,26,27). The molecule has 0 bridgehead atoms. The number of nitrogens with one attached hydrogen (secondary N) is 2. The molecule has 2 aromatic carbocycles. The minimum atomic E-state index is 0.493. The Kier molecular flexibility index (Phi) is 5.78. The highest BCUT2D eigenvalue weighted by Crippen LogP contribution is 2.26. The Labute approximate surface area is 174 Å². The summed E-state index contributed by atoms with van der Waals surface area (Å²) in [6.07, 6.45) is 0. The van der Waals surface area contributed by atoms with E-state index in [9.17, 15) is 0 Å². The van der Waals surface area contributed by atoms with Crippen molar-refractivity contribution in [1.82, 2.24) is 20.2 Å². The monoisotopic (exact) mass is 410 g/mol. The van der Waals surface area contributed by atoms with Gasteiger partial charge in [-0.15, -0.1) is 0 Å². The summed E-state index contributed by atoms with van der Waals surface area (Å²) in [5, 5.41) is 8.21. The normalized spacial score (nSPS) is 14.4. The zero-order valence-corrected chi connectivity index (χ0v) is 17.2. The van der Waals surface area contributed by atoms with Crippen molar-refractivity contribution in [2.45, 2.75) is 20.4 Å². The molecule has 3 aromatic rings. The van der Waals surface area contributed by atoms with Crippen LogP contribution in [0.3, 0.4) is 0 Å². The Bertz CT molecular complexity index is 1050. The lowest BCUT2D eigenvalue weighted by molar-refractivity contribution is 0.257. The molecule has 4 rings (SSSR count). The first-order valence-electron chi connectivity index (χ1n) is 9.55. The van der Waals surface area contributed by atoms with Crippen LogP contribution >= 0.6 is 11.6 Å². The lowest BCUT2D eigenvalue weighted by Crippen LogP contribution is -2.45. The van der Waals surface area contributed by atoms with Gasteiger partial charge in [-0.05, 0) is 31.5 Å². The minimum absolute atomic E-state index is 0.493. The highest BCUT2D eigenvalue weighted by molar-refractivity contribution is 6.31. The molecule has 150 valence electrons. The minimum Gasteiger partial charge on any atom is -0.492 e. The van der Waals surface area contributed by atoms with Crippen LogP contribution < -0.4 is 15.4 Å². The zero-order chi connectivity index (χ0) is 20.2. The van der Waals surface area contributed by atoms with Gasteiger partial charge in [-0.1, -0.05) is 41.9 Å². The summed E-state index contributed by atoms with van der Waals surface area (Å²) in [6.45, 7) is 6.44. The maximum absolute atomic E-state index is 6.26. The van der Waals surface area contributed by atoms with E-state index >= 15 is 0 Å². The van der Waals surface area contributed by atoms with E-state index in [-0.39, 0.29) is 0 Å². The van der Waals surface area contributed by atoms with Gasteiger partial charge >= 0.3 is 0 Å². The van der Waals surface area contributed by atoms with Gasteiger partial charge in [-0.25, -0.2) is 15.0 Å². The first-order valence-corrected chi connectivity index (χ1v) is 9.93. The fourth-order valence-corrected chi connectivity index (χ4v) is 3.43. The van der Waals surface area contributed by atoms with Crippen LogP contribution in [-0.4, -0.2) is 40.8 Å². The van der Waals surface area contributed by atoms with Crippen molar-refractivity contribution in [2.75, 3.05) is 25.3 Å². The van der Waals surface area contributed by atoms with Gasteiger partial charge in [0.15, 0.2) is 0 Å². The van der Waals surface area contributed by atoms with Gasteiger partial charge in [0.05, 0.1) is 25.6 Å². The maximum atomic E-state index is 6.26. The summed E-state index contributed by atoms with van der Waals surface area (Å²) in [5.74, 6) is 1.89. The lowest BCUT2D eigenvalue weighted by Gasteiger charge is -2.27. The molecule has 0 saturated heterocycles. The summed E-state index contributed by atoms with van der Waals surface area (Å²) in [4.78, 5) is 15.9. The third-order valence-electron chi connectivity index (χ3n) is 4.66. The van der Waals surface area contributed by atoms with Crippen LogP contribution in [0.1, 0.15) is 18.2 Å². The van der Waals surface area contributed by atoms with Crippen LogP contribution in [0.15, 0.2) is 47.5 Å². The van der Waals surface area contributed by atoms with Gasteiger partial charge in [-0.2, -0.15) is 0 Å². The second kappa shape index (κ2) is 8.63. The molecular formula is C21H23ClN6O. The van der Waals surface area contributed by atoms with E-state index < -0.39 is 0 Å². The van der Waals surface area contributed by atoms with Crippen molar-refractivity contribution in [2.24, 2.45) is 4.99 Å². The number of nitrogens with zero attached hydrogens (tertiary/aromatic N) is 4. The SMILES string of the molecule is CCOc1cccc2c(C)nc(NC3=NCN(Cc4ccccc4Cl)CN3)nc12. The third kappa shape index (κ3) is 4.41. The summed E-state index contributed by atoms with van der Waals surface area (Å²) in [5.41, 5.74) is 2.76. The number of para-hydroxylation sites is 1. The molecule has 0 amide bonds. The Morgan fingerprint density at radius 2 is 2.03 bits per heavy atom. The molecule has 0 fully saturated rings. The van der Waals surface area contributed by atoms with E-state index in [1.807, 2.05) is 56.3 Å². The molecule has 1 aliphatic rings. The van der Waals surface area contributed by atoms with Crippen molar-refractivity contribution in [3.8, 4) is 5.75 Å². The number of rotatable bonds is 5. The molecule has 8 heteroatoms. The molecule has 29 heavy (non-hydrogen) atoms. The molecule has 7 nitrogen and oxygen atoms in total. The summed E-state index contributed by atoms with van der Waals surface area (Å²) >= 11 is 6.26. The third-order valence-corrected chi connectivity index (χ3v) is 5.03. The molecule has 0 radical (unpaired) electrons. The molecule has 0 spiro atoms. The van der Waals surface area contributed by atoms with Crippen LogP contribution in [0.25, 0.3) is 10.9 Å². The molecule has 0 unspecified atom stereocenters. The van der Waals surface area contributed by atoms with E-state index in [1.165, 1.54) is 0 Å². The summed E-state index contributed by atoms with van der Waals surface area (Å²) < 4.78 is 5.72. The van der Waals surface area contributed by atoms with Crippen LogP contribution in [0, 0.1) is 6.92 Å². The first-order chi connectivity index (χ1) is 14.1. The topological polar surface area (TPSA) is 74.7 Å². The predicted octanol–water partition coefficient (Wildman–Crippen LogP) is 3.78. The number of fused-ring (bicyclic) bond motifs is 1. The van der Waals surface area contributed by atoms with E-state index in [0.29, 0.717) is 31.9 Å². The van der Waals surface area contributed by atoms with Gasteiger partial charge < -0.3 is 10.1 Å². The van der Waals surface area contributed by atoms with Crippen LogP contribution in [-0.2, 0) is 6.54 Å². The van der Waals surface area contributed by atoms with Crippen molar-refractivity contribution in [3.63, 3.8) is 0 Å². The number of aryl methyl sites for hydroxylation is 1. The molecule has 1 aliphatic heterocycles. The number of benzene rings is 2. The number of ether oxygens (including phenoxy) is 1. The number of halogens is 1. The Balaban J connectivity index is 1.48. The second-order valence-electron chi connectivity index (χ2n) is 6.75. The van der Waals surface area contributed by atoms with E-state index in [4.69, 9.17) is 16.3 Å². The number of aromatic nitrogens is 2. The van der Waals surface area contributed by atoms with Gasteiger partial charge in [0.25, 0.3) is 0 Å². The van der Waals surface area contributed by atoms with Crippen molar-refractivity contribution >= 4 is 34.4 Å². The summed E-state index contributed by atoms with van der Waals surface area (Å²) in [6, 6.07) is 13.7. The second-order valence-corrected chi connectivity index (χ2v) is 7.15. The highest BCUT2D eigenvalue weighted by Gasteiger charge is 2.15. The highest BCUT2D eigenvalue weighted by atomic mass is 35.5. The molecule has 2 N–H and O–H groups in total. The molecule has 0 saturated carbocycles. The van der Waals surface area contributed by atoms with Crippen molar-refractivity contribution in [3.05, 3.63) is 58.7 Å². The number of aliphatic imine (C=N–C) groups is 1. The van der Waals surface area contributed by atoms with E-state index in [2.05, 4.69) is 30.5 Å². The predicted molar refractivity (Wildman–Crippen MR) is 116 cm³/mol. The largest absolute Gasteiger partial charge is 0.492 e. The lowest BCUT2D eigenvalue weighted by atomic mass is 10.2. The van der Waals surface area contributed by atoms with Gasteiger partial charge in [-0.3, -0.25) is 10.2 Å². The average Bonchev–Trinajstić information content (AvgIpc) is 2.72. The van der Waals surface area contributed by atoms with Crippen LogP contribution in [0.2, 0.25) is 5.02 Å². The first kappa shape index (κ1) is 19.4. The molecule has 0 atom stereocenters. The Morgan fingerprint density at radius 1 is 1.17 bits per heavy atom. The molecule has 2 heterocycles. The van der Waals surface area contributed by atoms with E-state index in [0.717, 1.165) is 39.5 Å². The number of anilines is 1. The van der Waals surface area contributed by atoms with E-state index in [1.54, 1.807) is 0 Å². The number of hydrogen-bond donors (Lipinski definition) is 2. The Morgan fingerprint density at radius 3 is 2.79 bits per heavy atom. The zero-order valence-electron chi connectivity index (χ0n) is 16.4.